The maximum Gasteiger partial charge on any atom is 0.316 e. The van der Waals surface area contributed by atoms with Gasteiger partial charge in [0.2, 0.25) is 0 Å². The van der Waals surface area contributed by atoms with Crippen LogP contribution in [0.4, 0.5) is 4.79 Å². The van der Waals surface area contributed by atoms with Crippen LogP contribution in [0.3, 0.4) is 0 Å². The Morgan fingerprint density at radius 2 is 2.17 bits per heavy atom. The van der Waals surface area contributed by atoms with Crippen molar-refractivity contribution in [2.45, 2.75) is 39.3 Å². The molecule has 0 fully saturated rings. The van der Waals surface area contributed by atoms with Crippen molar-refractivity contribution in [3.8, 4) is 6.07 Å². The summed E-state index contributed by atoms with van der Waals surface area (Å²) in [6.45, 7) is 7.72. The van der Waals surface area contributed by atoms with Crippen LogP contribution < -0.4 is 10.6 Å². The second-order valence-corrected chi connectivity index (χ2v) is 7.19. The van der Waals surface area contributed by atoms with Gasteiger partial charge in [-0.2, -0.15) is 5.26 Å². The number of urea groups is 1. The molecule has 2 amide bonds. The lowest BCUT2D eigenvalue weighted by Crippen LogP contribution is -2.47. The van der Waals surface area contributed by atoms with E-state index in [1.165, 1.54) is 0 Å². The van der Waals surface area contributed by atoms with E-state index in [4.69, 9.17) is 5.26 Å². The number of aromatic nitrogens is 1. The van der Waals surface area contributed by atoms with Crippen molar-refractivity contribution >= 4 is 17.4 Å². The molecule has 1 aromatic carbocycles. The third kappa shape index (κ3) is 4.30. The lowest BCUT2D eigenvalue weighted by Gasteiger charge is -2.25. The Morgan fingerprint density at radius 3 is 2.78 bits per heavy atom. The van der Waals surface area contributed by atoms with Gasteiger partial charge < -0.3 is 10.6 Å². The van der Waals surface area contributed by atoms with Crippen LogP contribution >= 0.6 is 11.3 Å². The molecular weight excluding hydrogens is 308 g/mol. The van der Waals surface area contributed by atoms with Gasteiger partial charge in [0, 0.05) is 11.1 Å². The van der Waals surface area contributed by atoms with E-state index in [1.54, 1.807) is 29.7 Å². The quantitative estimate of drug-likeness (QED) is 0.900. The maximum atomic E-state index is 12.3. The fourth-order valence-electron chi connectivity index (χ4n) is 2.17. The van der Waals surface area contributed by atoms with Crippen molar-refractivity contribution in [1.82, 2.24) is 15.6 Å². The number of nitriles is 1. The van der Waals surface area contributed by atoms with Crippen molar-refractivity contribution in [3.05, 3.63) is 51.5 Å². The van der Waals surface area contributed by atoms with Gasteiger partial charge >= 0.3 is 6.03 Å². The smallest absolute Gasteiger partial charge is 0.316 e. The van der Waals surface area contributed by atoms with Gasteiger partial charge in [0.1, 0.15) is 5.01 Å². The van der Waals surface area contributed by atoms with E-state index < -0.39 is 5.54 Å². The highest BCUT2D eigenvalue weighted by Gasteiger charge is 2.26. The van der Waals surface area contributed by atoms with Crippen molar-refractivity contribution in [3.63, 3.8) is 0 Å². The molecule has 23 heavy (non-hydrogen) atoms. The topological polar surface area (TPSA) is 77.8 Å². The highest BCUT2D eigenvalue weighted by atomic mass is 32.1. The molecule has 0 bridgehead atoms. The number of aryl methyl sites for hydroxylation is 1. The number of rotatable bonds is 4. The Balaban J connectivity index is 2.02. The van der Waals surface area contributed by atoms with Crippen molar-refractivity contribution in [2.75, 3.05) is 0 Å². The van der Waals surface area contributed by atoms with E-state index in [0.717, 1.165) is 15.4 Å². The van der Waals surface area contributed by atoms with E-state index >= 15 is 0 Å². The third-order valence-corrected chi connectivity index (χ3v) is 4.68. The van der Waals surface area contributed by atoms with Crippen LogP contribution in [0.15, 0.2) is 30.5 Å². The SMILES string of the molecule is Cc1cnc(C(C)(C)NC(=O)N[C@H](C)c2cccc(C#N)c2)s1. The summed E-state index contributed by atoms with van der Waals surface area (Å²) in [5, 5.41) is 15.7. The second kappa shape index (κ2) is 6.80. The van der Waals surface area contributed by atoms with Gasteiger partial charge in [-0.15, -0.1) is 11.3 Å². The minimum atomic E-state index is -0.544. The molecule has 1 heterocycles. The molecule has 0 radical (unpaired) electrons. The highest BCUT2D eigenvalue weighted by molar-refractivity contribution is 7.11. The number of carbonyl (C=O) groups is 1. The Kier molecular flexibility index (Phi) is 5.02. The molecule has 1 atom stereocenters. The molecule has 5 nitrogen and oxygen atoms in total. The first-order valence-corrected chi connectivity index (χ1v) is 8.15. The lowest BCUT2D eigenvalue weighted by molar-refractivity contribution is 0.227. The summed E-state index contributed by atoms with van der Waals surface area (Å²) in [6.07, 6.45) is 1.80. The molecule has 0 spiro atoms. The van der Waals surface area contributed by atoms with Crippen LogP contribution in [-0.2, 0) is 5.54 Å². The number of benzene rings is 1. The molecule has 0 aliphatic carbocycles. The Labute approximate surface area is 140 Å². The number of amides is 2. The zero-order valence-corrected chi connectivity index (χ0v) is 14.5. The Morgan fingerprint density at radius 1 is 1.43 bits per heavy atom. The van der Waals surface area contributed by atoms with Gasteiger partial charge in [-0.05, 0) is 45.4 Å². The molecule has 0 saturated heterocycles. The monoisotopic (exact) mass is 328 g/mol. The predicted molar refractivity (Wildman–Crippen MR) is 91.1 cm³/mol. The number of thiazole rings is 1. The first kappa shape index (κ1) is 17.0. The van der Waals surface area contributed by atoms with Crippen LogP contribution in [0.25, 0.3) is 0 Å². The van der Waals surface area contributed by atoms with E-state index in [-0.39, 0.29) is 12.1 Å². The Bertz CT molecular complexity index is 745. The molecule has 1 aromatic heterocycles. The molecule has 0 unspecified atom stereocenters. The standard InChI is InChI=1S/C17H20N4OS/c1-11-10-19-15(23-11)17(3,4)21-16(22)20-12(2)14-7-5-6-13(8-14)9-18/h5-8,10,12H,1-4H3,(H2,20,21,22)/t12-/m1/s1. The predicted octanol–water partition coefficient (Wildman–Crippen LogP) is 3.62. The summed E-state index contributed by atoms with van der Waals surface area (Å²) >= 11 is 1.57. The third-order valence-electron chi connectivity index (χ3n) is 3.45. The zero-order valence-electron chi connectivity index (χ0n) is 13.7. The van der Waals surface area contributed by atoms with Crippen LogP contribution in [0, 0.1) is 18.3 Å². The summed E-state index contributed by atoms with van der Waals surface area (Å²) in [5.74, 6) is 0. The summed E-state index contributed by atoms with van der Waals surface area (Å²) in [5.41, 5.74) is 0.925. The molecular formula is C17H20N4OS. The molecule has 2 N–H and O–H groups in total. The average Bonchev–Trinajstić information content (AvgIpc) is 2.94. The van der Waals surface area contributed by atoms with E-state index in [0.29, 0.717) is 5.56 Å². The molecule has 0 aliphatic rings. The van der Waals surface area contributed by atoms with Crippen molar-refractivity contribution in [1.29, 1.82) is 5.26 Å². The van der Waals surface area contributed by atoms with Gasteiger partial charge in [0.25, 0.3) is 0 Å². The summed E-state index contributed by atoms with van der Waals surface area (Å²) < 4.78 is 0. The summed E-state index contributed by atoms with van der Waals surface area (Å²) in [4.78, 5) is 17.7. The summed E-state index contributed by atoms with van der Waals surface area (Å²) in [7, 11) is 0. The van der Waals surface area contributed by atoms with Crippen molar-refractivity contribution < 1.29 is 4.79 Å². The minimum absolute atomic E-state index is 0.197. The van der Waals surface area contributed by atoms with Gasteiger partial charge in [0.15, 0.2) is 0 Å². The van der Waals surface area contributed by atoms with Crippen molar-refractivity contribution in [2.24, 2.45) is 0 Å². The number of hydrogen-bond donors (Lipinski definition) is 2. The average molecular weight is 328 g/mol. The number of nitrogens with zero attached hydrogens (tertiary/aromatic N) is 2. The number of carbonyl (C=O) groups excluding carboxylic acids is 1. The molecule has 2 aromatic rings. The fraction of sp³-hybridized carbons (Fsp3) is 0.353. The van der Waals surface area contributed by atoms with Crippen LogP contribution in [0.2, 0.25) is 0 Å². The normalized spacial score (nSPS) is 12.3. The largest absolute Gasteiger partial charge is 0.332 e. The molecule has 0 aliphatic heterocycles. The molecule has 0 saturated carbocycles. The zero-order chi connectivity index (χ0) is 17.0. The minimum Gasteiger partial charge on any atom is -0.332 e. The Hall–Kier alpha value is -2.39. The number of nitrogens with one attached hydrogen (secondary N) is 2. The molecule has 2 rings (SSSR count). The molecule has 6 heteroatoms. The first-order valence-electron chi connectivity index (χ1n) is 7.33. The lowest BCUT2D eigenvalue weighted by atomic mass is 10.1. The van der Waals surface area contributed by atoms with E-state index in [2.05, 4.69) is 21.7 Å². The van der Waals surface area contributed by atoms with Gasteiger partial charge in [0.05, 0.1) is 23.2 Å². The fourth-order valence-corrected chi connectivity index (χ4v) is 3.00. The molecule has 120 valence electrons. The van der Waals surface area contributed by atoms with Gasteiger partial charge in [-0.25, -0.2) is 9.78 Å². The van der Waals surface area contributed by atoms with E-state index in [1.807, 2.05) is 39.8 Å². The number of hydrogen-bond acceptors (Lipinski definition) is 4. The van der Waals surface area contributed by atoms with Crippen LogP contribution in [0.5, 0.6) is 0 Å². The van der Waals surface area contributed by atoms with Gasteiger partial charge in [-0.3, -0.25) is 0 Å². The van der Waals surface area contributed by atoms with E-state index in [9.17, 15) is 4.79 Å². The van der Waals surface area contributed by atoms with Gasteiger partial charge in [-0.1, -0.05) is 12.1 Å². The maximum absolute atomic E-state index is 12.3. The summed E-state index contributed by atoms with van der Waals surface area (Å²) in [6, 6.07) is 8.86. The second-order valence-electron chi connectivity index (χ2n) is 5.96. The van der Waals surface area contributed by atoms with Crippen LogP contribution in [0.1, 0.15) is 47.8 Å². The van der Waals surface area contributed by atoms with Crippen LogP contribution in [-0.4, -0.2) is 11.0 Å². The first-order chi connectivity index (χ1) is 10.8. The highest BCUT2D eigenvalue weighted by Crippen LogP contribution is 2.24.